The zero-order chi connectivity index (χ0) is 14.5. The molecular formula is C17H26FNO. The second-order valence-electron chi connectivity index (χ2n) is 6.32. The fraction of sp³-hybridized carbons (Fsp3) is 0.647. The summed E-state index contributed by atoms with van der Waals surface area (Å²) in [7, 11) is 2.10. The van der Waals surface area contributed by atoms with Gasteiger partial charge < -0.3 is 10.0 Å². The van der Waals surface area contributed by atoms with Crippen molar-refractivity contribution >= 4 is 0 Å². The molecule has 3 heteroatoms. The molecule has 20 heavy (non-hydrogen) atoms. The Morgan fingerprint density at radius 3 is 2.60 bits per heavy atom. The summed E-state index contributed by atoms with van der Waals surface area (Å²) in [5.41, 5.74) is 0.411. The van der Waals surface area contributed by atoms with Gasteiger partial charge in [0.15, 0.2) is 0 Å². The fourth-order valence-electron chi connectivity index (χ4n) is 3.32. The molecule has 1 aromatic rings. The maximum atomic E-state index is 13.7. The number of halogens is 1. The molecule has 1 aliphatic carbocycles. The molecule has 0 bridgehead atoms. The van der Waals surface area contributed by atoms with E-state index in [0.29, 0.717) is 5.56 Å². The Morgan fingerprint density at radius 1 is 1.30 bits per heavy atom. The first kappa shape index (κ1) is 15.5. The molecule has 1 saturated carbocycles. The quantitative estimate of drug-likeness (QED) is 0.859. The lowest BCUT2D eigenvalue weighted by molar-refractivity contribution is 0.0881. The number of aliphatic hydroxyl groups excluding tert-OH is 1. The van der Waals surface area contributed by atoms with Crippen LogP contribution in [0, 0.1) is 17.7 Å². The number of hydrogen-bond donors (Lipinski definition) is 1. The third-order valence-electron chi connectivity index (χ3n) is 4.41. The van der Waals surface area contributed by atoms with Crippen LogP contribution in [0.25, 0.3) is 0 Å². The molecule has 2 atom stereocenters. The molecule has 112 valence electrons. The van der Waals surface area contributed by atoms with Gasteiger partial charge in [0.25, 0.3) is 0 Å². The third-order valence-corrected chi connectivity index (χ3v) is 4.41. The lowest BCUT2D eigenvalue weighted by atomic mass is 9.96. The average Bonchev–Trinajstić information content (AvgIpc) is 2.91. The minimum atomic E-state index is -0.734. The van der Waals surface area contributed by atoms with Crippen LogP contribution in [0.2, 0.25) is 0 Å². The summed E-state index contributed by atoms with van der Waals surface area (Å²) in [4.78, 5) is 2.28. The van der Waals surface area contributed by atoms with Crippen molar-refractivity contribution in [3.05, 3.63) is 35.6 Å². The summed E-state index contributed by atoms with van der Waals surface area (Å²) in [6.45, 7) is 3.88. The van der Waals surface area contributed by atoms with E-state index in [4.69, 9.17) is 0 Å². The van der Waals surface area contributed by atoms with Gasteiger partial charge in [0.2, 0.25) is 0 Å². The molecule has 2 rings (SSSR count). The highest BCUT2D eigenvalue weighted by atomic mass is 19.1. The van der Waals surface area contributed by atoms with E-state index in [0.717, 1.165) is 19.0 Å². The molecular weight excluding hydrogens is 253 g/mol. The number of nitrogens with zero attached hydrogens (tertiary/aromatic N) is 1. The zero-order valence-electron chi connectivity index (χ0n) is 12.6. The van der Waals surface area contributed by atoms with Crippen molar-refractivity contribution in [2.24, 2.45) is 11.8 Å². The molecule has 0 aromatic heterocycles. The minimum absolute atomic E-state index is 0.0262. The van der Waals surface area contributed by atoms with Crippen molar-refractivity contribution < 1.29 is 9.50 Å². The van der Waals surface area contributed by atoms with Crippen LogP contribution in [0.1, 0.15) is 44.3 Å². The topological polar surface area (TPSA) is 23.5 Å². The molecule has 0 saturated heterocycles. The lowest BCUT2D eigenvalue weighted by Gasteiger charge is -2.27. The molecule has 1 aliphatic rings. The van der Waals surface area contributed by atoms with Gasteiger partial charge in [-0.15, -0.1) is 0 Å². The van der Waals surface area contributed by atoms with E-state index >= 15 is 0 Å². The first-order valence-corrected chi connectivity index (χ1v) is 7.69. The Kier molecular flexibility index (Phi) is 5.55. The Morgan fingerprint density at radius 2 is 1.95 bits per heavy atom. The minimum Gasteiger partial charge on any atom is -0.388 e. The summed E-state index contributed by atoms with van der Waals surface area (Å²) in [6.07, 6.45) is 4.63. The molecule has 0 heterocycles. The largest absolute Gasteiger partial charge is 0.388 e. The molecule has 0 amide bonds. The Balaban J connectivity index is 1.87. The predicted octanol–water partition coefficient (Wildman–Crippen LogP) is 3.62. The van der Waals surface area contributed by atoms with Crippen molar-refractivity contribution in [2.45, 2.75) is 38.7 Å². The number of hydrogen-bond acceptors (Lipinski definition) is 2. The second kappa shape index (κ2) is 7.19. The van der Waals surface area contributed by atoms with Crippen LogP contribution < -0.4 is 0 Å². The first-order chi connectivity index (χ1) is 9.58. The molecule has 1 aromatic carbocycles. The smallest absolute Gasteiger partial charge is 0.129 e. The van der Waals surface area contributed by atoms with Crippen molar-refractivity contribution in [1.29, 1.82) is 0 Å². The highest BCUT2D eigenvalue weighted by molar-refractivity contribution is 5.20. The van der Waals surface area contributed by atoms with Gasteiger partial charge in [0, 0.05) is 18.7 Å². The van der Waals surface area contributed by atoms with E-state index < -0.39 is 6.10 Å². The summed E-state index contributed by atoms with van der Waals surface area (Å²) in [5.74, 6) is 0.515. The van der Waals surface area contributed by atoms with E-state index in [-0.39, 0.29) is 11.7 Å². The molecule has 2 unspecified atom stereocenters. The third kappa shape index (κ3) is 4.03. The van der Waals surface area contributed by atoms with Crippen molar-refractivity contribution in [3.63, 3.8) is 0 Å². The fourth-order valence-corrected chi connectivity index (χ4v) is 3.32. The number of rotatable bonds is 6. The van der Waals surface area contributed by atoms with Crippen LogP contribution in [0.3, 0.4) is 0 Å². The van der Waals surface area contributed by atoms with Gasteiger partial charge in [-0.2, -0.15) is 0 Å². The Labute approximate surface area is 121 Å². The summed E-state index contributed by atoms with van der Waals surface area (Å²) in [5, 5.41) is 10.3. The van der Waals surface area contributed by atoms with Crippen LogP contribution in [0.4, 0.5) is 4.39 Å². The van der Waals surface area contributed by atoms with Crippen molar-refractivity contribution in [1.82, 2.24) is 4.90 Å². The standard InChI is InChI=1S/C17H26FNO/c1-13(11-19(2)12-14-7-3-4-8-14)17(20)15-9-5-6-10-16(15)18/h5-6,9-10,13-14,17,20H,3-4,7-8,11-12H2,1-2H3. The van der Waals surface area contributed by atoms with Gasteiger partial charge in [-0.25, -0.2) is 4.39 Å². The lowest BCUT2D eigenvalue weighted by Crippen LogP contribution is -2.31. The second-order valence-corrected chi connectivity index (χ2v) is 6.32. The first-order valence-electron chi connectivity index (χ1n) is 7.69. The molecule has 1 fully saturated rings. The average molecular weight is 279 g/mol. The number of aliphatic hydroxyl groups is 1. The summed E-state index contributed by atoms with van der Waals surface area (Å²) >= 11 is 0. The SMILES string of the molecule is CC(CN(C)CC1CCCC1)C(O)c1ccccc1F. The van der Waals surface area contributed by atoms with Crippen molar-refractivity contribution in [3.8, 4) is 0 Å². The van der Waals surface area contributed by atoms with Gasteiger partial charge in [-0.3, -0.25) is 0 Å². The van der Waals surface area contributed by atoms with Crippen LogP contribution in [0.15, 0.2) is 24.3 Å². The van der Waals surface area contributed by atoms with E-state index in [1.54, 1.807) is 18.2 Å². The van der Waals surface area contributed by atoms with Crippen LogP contribution >= 0.6 is 0 Å². The van der Waals surface area contributed by atoms with E-state index in [2.05, 4.69) is 11.9 Å². The molecule has 1 N–H and O–H groups in total. The molecule has 0 aliphatic heterocycles. The Hall–Kier alpha value is -0.930. The van der Waals surface area contributed by atoms with E-state index in [1.807, 2.05) is 6.92 Å². The highest BCUT2D eigenvalue weighted by Crippen LogP contribution is 2.27. The maximum absolute atomic E-state index is 13.7. The normalized spacial score (nSPS) is 19.4. The zero-order valence-corrected chi connectivity index (χ0v) is 12.6. The molecule has 0 spiro atoms. The highest BCUT2D eigenvalue weighted by Gasteiger charge is 2.22. The van der Waals surface area contributed by atoms with Gasteiger partial charge in [-0.1, -0.05) is 38.0 Å². The number of benzene rings is 1. The van der Waals surface area contributed by atoms with Gasteiger partial charge >= 0.3 is 0 Å². The van der Waals surface area contributed by atoms with Crippen molar-refractivity contribution in [2.75, 3.05) is 20.1 Å². The monoisotopic (exact) mass is 279 g/mol. The maximum Gasteiger partial charge on any atom is 0.129 e. The van der Waals surface area contributed by atoms with Gasteiger partial charge in [0.05, 0.1) is 6.10 Å². The summed E-state index contributed by atoms with van der Waals surface area (Å²) < 4.78 is 13.7. The van der Waals surface area contributed by atoms with E-state index in [9.17, 15) is 9.50 Å². The predicted molar refractivity (Wildman–Crippen MR) is 80.0 cm³/mol. The van der Waals surface area contributed by atoms with Crippen LogP contribution in [-0.4, -0.2) is 30.1 Å². The Bertz CT molecular complexity index is 417. The van der Waals surface area contributed by atoms with Crippen LogP contribution in [-0.2, 0) is 0 Å². The van der Waals surface area contributed by atoms with Gasteiger partial charge in [0.1, 0.15) is 5.82 Å². The molecule has 2 nitrogen and oxygen atoms in total. The van der Waals surface area contributed by atoms with Crippen LogP contribution in [0.5, 0.6) is 0 Å². The molecule has 0 radical (unpaired) electrons. The summed E-state index contributed by atoms with van der Waals surface area (Å²) in [6, 6.07) is 6.51. The van der Waals surface area contributed by atoms with Gasteiger partial charge in [-0.05, 0) is 37.8 Å². The van der Waals surface area contributed by atoms with E-state index in [1.165, 1.54) is 31.7 Å².